The molecular weight excluding hydrogens is 172 g/mol. The second kappa shape index (κ2) is 2.76. The molecule has 0 aliphatic heterocycles. The highest BCUT2D eigenvalue weighted by Crippen LogP contribution is 2.33. The van der Waals surface area contributed by atoms with Gasteiger partial charge in [0.2, 0.25) is 0 Å². The van der Waals surface area contributed by atoms with Gasteiger partial charge in [-0.3, -0.25) is 4.79 Å². The molecule has 60 valence electrons. The zero-order valence-electron chi connectivity index (χ0n) is 6.38. The van der Waals surface area contributed by atoms with Crippen molar-refractivity contribution in [3.05, 3.63) is 41.0 Å². The van der Waals surface area contributed by atoms with E-state index in [2.05, 4.69) is 0 Å². The van der Waals surface area contributed by atoms with Crippen molar-refractivity contribution in [1.29, 1.82) is 0 Å². The third kappa shape index (κ3) is 0.978. The van der Waals surface area contributed by atoms with Crippen molar-refractivity contribution in [3.63, 3.8) is 0 Å². The molecule has 0 radical (unpaired) electrons. The fourth-order valence-corrected chi connectivity index (χ4v) is 1.73. The molecule has 0 aromatic heterocycles. The first-order valence-corrected chi connectivity index (χ1v) is 4.13. The van der Waals surface area contributed by atoms with E-state index in [1.54, 1.807) is 0 Å². The van der Waals surface area contributed by atoms with Crippen molar-refractivity contribution < 1.29 is 4.79 Å². The van der Waals surface area contributed by atoms with Crippen molar-refractivity contribution in [1.82, 2.24) is 0 Å². The lowest BCUT2D eigenvalue weighted by molar-refractivity contribution is -0.104. The smallest absolute Gasteiger partial charge is 0.147 e. The van der Waals surface area contributed by atoms with Gasteiger partial charge in [-0.1, -0.05) is 35.9 Å². The minimum Gasteiger partial charge on any atom is -0.298 e. The molecule has 0 fully saturated rings. The zero-order valence-corrected chi connectivity index (χ0v) is 7.14. The quantitative estimate of drug-likeness (QED) is 0.604. The fourth-order valence-electron chi connectivity index (χ4n) is 1.44. The Kier molecular flexibility index (Phi) is 1.74. The number of hydrogen-bond donors (Lipinski definition) is 0. The predicted molar refractivity (Wildman–Crippen MR) is 49.0 cm³/mol. The standard InChI is InChI=1S/C10H7ClO/c11-10-8(6-12)5-7-3-1-2-4-9(7)10/h1-4,6H,5H2. The molecule has 1 aromatic carbocycles. The van der Waals surface area contributed by atoms with Crippen LogP contribution >= 0.6 is 11.6 Å². The van der Waals surface area contributed by atoms with Gasteiger partial charge in [-0.05, 0) is 11.1 Å². The van der Waals surface area contributed by atoms with E-state index in [1.165, 1.54) is 0 Å². The van der Waals surface area contributed by atoms with Crippen LogP contribution in [0.1, 0.15) is 11.1 Å². The first kappa shape index (κ1) is 7.56. The molecule has 0 amide bonds. The Balaban J connectivity index is 2.56. The van der Waals surface area contributed by atoms with Crippen LogP contribution in [0.25, 0.3) is 5.03 Å². The Labute approximate surface area is 75.7 Å². The average molecular weight is 179 g/mol. The lowest BCUT2D eigenvalue weighted by Gasteiger charge is -1.95. The van der Waals surface area contributed by atoms with Crippen LogP contribution in [0.2, 0.25) is 0 Å². The number of benzene rings is 1. The van der Waals surface area contributed by atoms with E-state index in [4.69, 9.17) is 11.6 Å². The van der Waals surface area contributed by atoms with Crippen LogP contribution in [0.4, 0.5) is 0 Å². The summed E-state index contributed by atoms with van der Waals surface area (Å²) >= 11 is 5.96. The van der Waals surface area contributed by atoms with Gasteiger partial charge in [0.25, 0.3) is 0 Å². The van der Waals surface area contributed by atoms with Crippen molar-refractivity contribution in [2.45, 2.75) is 6.42 Å². The number of carbonyl (C=O) groups excluding carboxylic acids is 1. The number of aldehydes is 1. The highest BCUT2D eigenvalue weighted by Gasteiger charge is 2.18. The highest BCUT2D eigenvalue weighted by atomic mass is 35.5. The Bertz CT molecular complexity index is 366. The van der Waals surface area contributed by atoms with Gasteiger partial charge in [0.1, 0.15) is 6.29 Å². The third-order valence-electron chi connectivity index (χ3n) is 2.06. The third-order valence-corrected chi connectivity index (χ3v) is 2.51. The average Bonchev–Trinajstić information content (AvgIpc) is 2.44. The number of hydrogen-bond acceptors (Lipinski definition) is 1. The van der Waals surface area contributed by atoms with Crippen LogP contribution in [0.5, 0.6) is 0 Å². The van der Waals surface area contributed by atoms with E-state index >= 15 is 0 Å². The van der Waals surface area contributed by atoms with E-state index in [9.17, 15) is 4.79 Å². The Hall–Kier alpha value is -1.08. The molecule has 0 N–H and O–H groups in total. The first-order valence-electron chi connectivity index (χ1n) is 3.75. The maximum absolute atomic E-state index is 10.5. The van der Waals surface area contributed by atoms with Crippen molar-refractivity contribution in [2.75, 3.05) is 0 Å². The Morgan fingerprint density at radius 2 is 2.08 bits per heavy atom. The summed E-state index contributed by atoms with van der Waals surface area (Å²) in [6.07, 6.45) is 1.51. The van der Waals surface area contributed by atoms with Crippen molar-refractivity contribution >= 4 is 22.9 Å². The minimum atomic E-state index is 0.612. The number of halogens is 1. The molecule has 2 rings (SSSR count). The molecule has 1 aliphatic carbocycles. The zero-order chi connectivity index (χ0) is 8.55. The lowest BCUT2D eigenvalue weighted by Crippen LogP contribution is -1.83. The summed E-state index contributed by atoms with van der Waals surface area (Å²) in [7, 11) is 0. The van der Waals surface area contributed by atoms with Crippen molar-refractivity contribution in [3.8, 4) is 0 Å². The maximum atomic E-state index is 10.5. The van der Waals surface area contributed by atoms with Gasteiger partial charge in [-0.2, -0.15) is 0 Å². The molecule has 12 heavy (non-hydrogen) atoms. The first-order chi connectivity index (χ1) is 5.83. The molecule has 1 aromatic rings. The molecule has 0 heterocycles. The van der Waals surface area contributed by atoms with E-state index in [1.807, 2.05) is 24.3 Å². The van der Waals surface area contributed by atoms with E-state index < -0.39 is 0 Å². The molecule has 0 bridgehead atoms. The summed E-state index contributed by atoms with van der Waals surface area (Å²) < 4.78 is 0. The van der Waals surface area contributed by atoms with Crippen molar-refractivity contribution in [2.24, 2.45) is 0 Å². The Morgan fingerprint density at radius 1 is 1.33 bits per heavy atom. The van der Waals surface area contributed by atoms with Gasteiger partial charge < -0.3 is 0 Å². The number of fused-ring (bicyclic) bond motifs is 1. The summed E-state index contributed by atoms with van der Waals surface area (Å²) in [6.45, 7) is 0. The highest BCUT2D eigenvalue weighted by molar-refractivity contribution is 6.51. The van der Waals surface area contributed by atoms with Crippen LogP contribution in [-0.2, 0) is 11.2 Å². The SMILES string of the molecule is O=CC1=C(Cl)c2ccccc2C1. The molecule has 0 saturated heterocycles. The second-order valence-corrected chi connectivity index (χ2v) is 3.17. The molecule has 0 spiro atoms. The van der Waals surface area contributed by atoms with Crippen LogP contribution in [-0.4, -0.2) is 6.29 Å². The lowest BCUT2D eigenvalue weighted by atomic mass is 10.1. The minimum absolute atomic E-state index is 0.612. The summed E-state index contributed by atoms with van der Waals surface area (Å²) in [4.78, 5) is 10.5. The normalized spacial score (nSPS) is 14.8. The summed E-state index contributed by atoms with van der Waals surface area (Å²) in [5.41, 5.74) is 2.84. The fraction of sp³-hybridized carbons (Fsp3) is 0.100. The maximum Gasteiger partial charge on any atom is 0.147 e. The molecule has 0 atom stereocenters. The number of carbonyl (C=O) groups is 1. The largest absolute Gasteiger partial charge is 0.298 e. The van der Waals surface area contributed by atoms with E-state index in [0.717, 1.165) is 17.4 Å². The van der Waals surface area contributed by atoms with Gasteiger partial charge >= 0.3 is 0 Å². The topological polar surface area (TPSA) is 17.1 Å². The monoisotopic (exact) mass is 178 g/mol. The van der Waals surface area contributed by atoms with Crippen LogP contribution in [0.15, 0.2) is 29.8 Å². The van der Waals surface area contributed by atoms with Gasteiger partial charge in [-0.25, -0.2) is 0 Å². The molecule has 1 nitrogen and oxygen atoms in total. The molecular formula is C10H7ClO. The van der Waals surface area contributed by atoms with Crippen LogP contribution in [0.3, 0.4) is 0 Å². The second-order valence-electron chi connectivity index (χ2n) is 2.79. The number of rotatable bonds is 1. The van der Waals surface area contributed by atoms with E-state index in [-0.39, 0.29) is 0 Å². The van der Waals surface area contributed by atoms with Gasteiger partial charge in [0.05, 0.1) is 5.03 Å². The van der Waals surface area contributed by atoms with Gasteiger partial charge in [0, 0.05) is 12.0 Å². The van der Waals surface area contributed by atoms with Crippen LogP contribution in [0, 0.1) is 0 Å². The molecule has 1 aliphatic rings. The number of allylic oxidation sites excluding steroid dienone is 1. The van der Waals surface area contributed by atoms with E-state index in [0.29, 0.717) is 17.0 Å². The van der Waals surface area contributed by atoms with Gasteiger partial charge in [-0.15, -0.1) is 0 Å². The summed E-state index contributed by atoms with van der Waals surface area (Å²) in [6, 6.07) is 7.81. The summed E-state index contributed by atoms with van der Waals surface area (Å²) in [5.74, 6) is 0. The molecule has 0 unspecified atom stereocenters. The molecule has 0 saturated carbocycles. The van der Waals surface area contributed by atoms with Crippen LogP contribution < -0.4 is 0 Å². The summed E-state index contributed by atoms with van der Waals surface area (Å²) in [5, 5.41) is 0.612. The van der Waals surface area contributed by atoms with Gasteiger partial charge in [0.15, 0.2) is 0 Å². The molecule has 2 heteroatoms. The predicted octanol–water partition coefficient (Wildman–Crippen LogP) is 2.39. The Morgan fingerprint density at radius 3 is 2.75 bits per heavy atom.